The Kier molecular flexibility index (Phi) is 7.65. The van der Waals surface area contributed by atoms with Gasteiger partial charge in [0.1, 0.15) is 11.9 Å². The Morgan fingerprint density at radius 3 is 2.50 bits per heavy atom. The Hall–Kier alpha value is -2.42. The molecular weight excluding hydrogens is 460 g/mol. The van der Waals surface area contributed by atoms with E-state index in [9.17, 15) is 9.59 Å². The highest BCUT2D eigenvalue weighted by molar-refractivity contribution is 6.11. The van der Waals surface area contributed by atoms with Crippen molar-refractivity contribution in [1.29, 1.82) is 0 Å². The Bertz CT molecular complexity index is 984. The minimum absolute atomic E-state index is 0.0617. The Labute approximate surface area is 213 Å². The number of nitrogens with zero attached hydrogens (tertiary/aromatic N) is 2. The molecule has 1 saturated carbocycles. The topological polar surface area (TPSA) is 77.5 Å². The molecule has 0 radical (unpaired) electrons. The second-order valence-electron chi connectivity index (χ2n) is 10.5. The number of amides is 1. The van der Waals surface area contributed by atoms with Crippen LogP contribution in [-0.4, -0.2) is 86.3 Å². The lowest BCUT2D eigenvalue weighted by atomic mass is 9.76. The minimum Gasteiger partial charge on any atom is -0.491 e. The molecule has 3 heterocycles. The number of hydrogen-bond acceptors (Lipinski definition) is 7. The fourth-order valence-corrected chi connectivity index (χ4v) is 5.96. The standard InChI is InChI=1S/C28H38N2O6/c1-18(2)35-20-7-5-19(6-8-20)25-24-26(31)22-10-9-21(33-3)17-23(22)36-27(24)28(32)30(25)12-4-11-29-13-15-34-16-14-29/h5-8,18,21-23,25H,4,9-17H2,1-3H3. The molecule has 196 valence electrons. The van der Waals surface area contributed by atoms with Crippen LogP contribution in [0.15, 0.2) is 35.6 Å². The maximum atomic E-state index is 13.8. The van der Waals surface area contributed by atoms with Crippen LogP contribution in [0.5, 0.6) is 5.75 Å². The first-order chi connectivity index (χ1) is 17.5. The fourth-order valence-electron chi connectivity index (χ4n) is 5.96. The van der Waals surface area contributed by atoms with Crippen molar-refractivity contribution in [2.45, 2.75) is 63.9 Å². The van der Waals surface area contributed by atoms with Gasteiger partial charge in [0.25, 0.3) is 5.91 Å². The van der Waals surface area contributed by atoms with Gasteiger partial charge in [-0.15, -0.1) is 0 Å². The lowest BCUT2D eigenvalue weighted by Crippen LogP contribution is -2.43. The van der Waals surface area contributed by atoms with Crippen LogP contribution in [0.4, 0.5) is 0 Å². The van der Waals surface area contributed by atoms with Crippen molar-refractivity contribution in [2.75, 3.05) is 46.5 Å². The lowest BCUT2D eigenvalue weighted by Gasteiger charge is -2.38. The molecule has 1 aromatic rings. The van der Waals surface area contributed by atoms with Gasteiger partial charge in [-0.1, -0.05) is 12.1 Å². The summed E-state index contributed by atoms with van der Waals surface area (Å²) in [6, 6.07) is 7.36. The summed E-state index contributed by atoms with van der Waals surface area (Å²) in [5, 5.41) is 0. The molecule has 0 N–H and O–H groups in total. The van der Waals surface area contributed by atoms with E-state index >= 15 is 0 Å². The number of fused-ring (bicyclic) bond motifs is 1. The molecule has 0 spiro atoms. The number of Topliss-reactive ketones (excluding diaryl/α,β-unsaturated/α-hetero) is 1. The number of rotatable bonds is 8. The van der Waals surface area contributed by atoms with Crippen molar-refractivity contribution in [3.05, 3.63) is 41.2 Å². The second-order valence-corrected chi connectivity index (χ2v) is 10.5. The normalized spacial score (nSPS) is 28.8. The zero-order valence-electron chi connectivity index (χ0n) is 21.6. The quantitative estimate of drug-likeness (QED) is 0.545. The summed E-state index contributed by atoms with van der Waals surface area (Å²) in [7, 11) is 1.69. The molecular formula is C28H38N2O6. The minimum atomic E-state index is -0.432. The van der Waals surface area contributed by atoms with Gasteiger partial charge in [-0.2, -0.15) is 0 Å². The van der Waals surface area contributed by atoms with E-state index in [0.29, 0.717) is 18.5 Å². The smallest absolute Gasteiger partial charge is 0.290 e. The van der Waals surface area contributed by atoms with Gasteiger partial charge in [0.2, 0.25) is 0 Å². The highest BCUT2D eigenvalue weighted by Crippen LogP contribution is 2.47. The lowest BCUT2D eigenvalue weighted by molar-refractivity contribution is -0.138. The van der Waals surface area contributed by atoms with E-state index in [1.54, 1.807) is 7.11 Å². The number of ketones is 1. The van der Waals surface area contributed by atoms with Gasteiger partial charge >= 0.3 is 0 Å². The average molecular weight is 499 g/mol. The van der Waals surface area contributed by atoms with E-state index in [-0.39, 0.29) is 41.7 Å². The maximum Gasteiger partial charge on any atom is 0.290 e. The van der Waals surface area contributed by atoms with Gasteiger partial charge in [-0.05, 0) is 50.8 Å². The number of ether oxygens (including phenoxy) is 4. The third kappa shape index (κ3) is 5.04. The van der Waals surface area contributed by atoms with Crippen LogP contribution in [0, 0.1) is 5.92 Å². The van der Waals surface area contributed by atoms with Crippen LogP contribution in [-0.2, 0) is 23.8 Å². The summed E-state index contributed by atoms with van der Waals surface area (Å²) in [6.07, 6.45) is 2.85. The van der Waals surface area contributed by atoms with Crippen molar-refractivity contribution in [3.63, 3.8) is 0 Å². The SMILES string of the molecule is COC1CCC2C(=O)C3=C(OC2C1)C(=O)N(CCCN1CCOCC1)C3c1ccc(OC(C)C)cc1. The highest BCUT2D eigenvalue weighted by atomic mass is 16.5. The summed E-state index contributed by atoms with van der Waals surface area (Å²) in [5.74, 6) is 0.688. The fraction of sp³-hybridized carbons (Fsp3) is 0.643. The molecule has 1 amide bonds. The third-order valence-electron chi connectivity index (χ3n) is 7.78. The van der Waals surface area contributed by atoms with E-state index in [0.717, 1.165) is 63.4 Å². The number of methoxy groups -OCH3 is 1. The first-order valence-electron chi connectivity index (χ1n) is 13.3. The van der Waals surface area contributed by atoms with Crippen LogP contribution in [0.2, 0.25) is 0 Å². The largest absolute Gasteiger partial charge is 0.491 e. The molecule has 4 unspecified atom stereocenters. The molecule has 36 heavy (non-hydrogen) atoms. The van der Waals surface area contributed by atoms with Crippen molar-refractivity contribution in [3.8, 4) is 5.75 Å². The van der Waals surface area contributed by atoms with Crippen molar-refractivity contribution in [1.82, 2.24) is 9.80 Å². The number of carbonyl (C=O) groups is 2. The molecule has 1 aromatic carbocycles. The molecule has 0 aromatic heterocycles. The average Bonchev–Trinajstić information content (AvgIpc) is 3.16. The van der Waals surface area contributed by atoms with E-state index < -0.39 is 6.04 Å². The molecule has 0 bridgehead atoms. The zero-order chi connectivity index (χ0) is 25.2. The van der Waals surface area contributed by atoms with Gasteiger partial charge in [-0.25, -0.2) is 0 Å². The number of carbonyl (C=O) groups excluding carboxylic acids is 2. The van der Waals surface area contributed by atoms with Crippen LogP contribution in [0.25, 0.3) is 0 Å². The van der Waals surface area contributed by atoms with Crippen LogP contribution in [0.3, 0.4) is 0 Å². The van der Waals surface area contributed by atoms with Gasteiger partial charge < -0.3 is 23.8 Å². The predicted molar refractivity (Wildman–Crippen MR) is 134 cm³/mol. The summed E-state index contributed by atoms with van der Waals surface area (Å²) in [5.41, 5.74) is 1.44. The molecule has 8 heteroatoms. The Balaban J connectivity index is 1.40. The number of morpholine rings is 1. The highest BCUT2D eigenvalue weighted by Gasteiger charge is 2.52. The molecule has 4 aliphatic rings. The summed E-state index contributed by atoms with van der Waals surface area (Å²) in [4.78, 5) is 31.7. The van der Waals surface area contributed by atoms with Crippen molar-refractivity contribution >= 4 is 11.7 Å². The second kappa shape index (κ2) is 10.9. The van der Waals surface area contributed by atoms with Crippen LogP contribution < -0.4 is 4.74 Å². The molecule has 3 aliphatic heterocycles. The predicted octanol–water partition coefficient (Wildman–Crippen LogP) is 3.12. The van der Waals surface area contributed by atoms with Crippen LogP contribution in [0.1, 0.15) is 51.1 Å². The van der Waals surface area contributed by atoms with E-state index in [1.807, 2.05) is 43.0 Å². The zero-order valence-corrected chi connectivity index (χ0v) is 21.6. The van der Waals surface area contributed by atoms with Crippen molar-refractivity contribution < 1.29 is 28.5 Å². The molecule has 2 fully saturated rings. The summed E-state index contributed by atoms with van der Waals surface area (Å²) < 4.78 is 23.1. The Morgan fingerprint density at radius 1 is 1.06 bits per heavy atom. The number of benzene rings is 1. The van der Waals surface area contributed by atoms with Crippen molar-refractivity contribution in [2.24, 2.45) is 5.92 Å². The van der Waals surface area contributed by atoms with E-state index in [1.165, 1.54) is 0 Å². The monoisotopic (exact) mass is 498 g/mol. The molecule has 5 rings (SSSR count). The Morgan fingerprint density at radius 2 is 1.81 bits per heavy atom. The number of hydrogen-bond donors (Lipinski definition) is 0. The molecule has 4 atom stereocenters. The van der Waals surface area contributed by atoms with Gasteiger partial charge in [0.15, 0.2) is 11.5 Å². The van der Waals surface area contributed by atoms with E-state index in [4.69, 9.17) is 18.9 Å². The van der Waals surface area contributed by atoms with Crippen LogP contribution >= 0.6 is 0 Å². The first-order valence-corrected chi connectivity index (χ1v) is 13.3. The first kappa shape index (κ1) is 25.2. The molecule has 8 nitrogen and oxygen atoms in total. The molecule has 1 aliphatic carbocycles. The van der Waals surface area contributed by atoms with E-state index in [2.05, 4.69) is 4.90 Å². The van der Waals surface area contributed by atoms with Gasteiger partial charge in [-0.3, -0.25) is 14.5 Å². The molecule has 1 saturated heterocycles. The van der Waals surface area contributed by atoms with Gasteiger partial charge in [0.05, 0.1) is 43.0 Å². The van der Waals surface area contributed by atoms with Gasteiger partial charge in [0, 0.05) is 39.7 Å². The summed E-state index contributed by atoms with van der Waals surface area (Å²) in [6.45, 7) is 8.75. The third-order valence-corrected chi connectivity index (χ3v) is 7.78. The summed E-state index contributed by atoms with van der Waals surface area (Å²) >= 11 is 0. The maximum absolute atomic E-state index is 13.8.